The molecule has 2 nitrogen and oxygen atoms in total. The van der Waals surface area contributed by atoms with E-state index < -0.39 is 6.04 Å². The van der Waals surface area contributed by atoms with Crippen LogP contribution < -0.4 is 5.73 Å². The molecule has 0 radical (unpaired) electrons. The van der Waals surface area contributed by atoms with Crippen LogP contribution in [0, 0.1) is 6.92 Å². The summed E-state index contributed by atoms with van der Waals surface area (Å²) in [6, 6.07) is 12.8. The van der Waals surface area contributed by atoms with Crippen molar-refractivity contribution in [3.63, 3.8) is 0 Å². The molecule has 0 saturated carbocycles. The smallest absolute Gasteiger partial charge is 0.134 e. The van der Waals surface area contributed by atoms with Gasteiger partial charge in [0.15, 0.2) is 0 Å². The van der Waals surface area contributed by atoms with Crippen LogP contribution in [0.5, 0.6) is 0 Å². The van der Waals surface area contributed by atoms with Crippen LogP contribution >= 0.6 is 23.2 Å². The lowest BCUT2D eigenvalue weighted by Crippen LogP contribution is -2.12. The van der Waals surface area contributed by atoms with Gasteiger partial charge in [-0.05, 0) is 37.3 Å². The van der Waals surface area contributed by atoms with Gasteiger partial charge in [-0.1, -0.05) is 40.9 Å². The van der Waals surface area contributed by atoms with Crippen LogP contribution in [0.1, 0.15) is 22.9 Å². The maximum Gasteiger partial charge on any atom is 0.134 e. The van der Waals surface area contributed by atoms with E-state index >= 15 is 0 Å². The van der Waals surface area contributed by atoms with Crippen molar-refractivity contribution in [3.05, 3.63) is 69.4 Å². The summed E-state index contributed by atoms with van der Waals surface area (Å²) in [5.41, 5.74) is 8.93. The molecule has 1 atom stereocenters. The Balaban J connectivity index is 2.10. The van der Waals surface area contributed by atoms with E-state index in [1.165, 1.54) is 5.56 Å². The zero-order valence-corrected chi connectivity index (χ0v) is 12.4. The number of hydrogen-bond donors (Lipinski definition) is 1. The van der Waals surface area contributed by atoms with Crippen molar-refractivity contribution in [1.29, 1.82) is 0 Å². The van der Waals surface area contributed by atoms with Gasteiger partial charge in [-0.2, -0.15) is 0 Å². The summed E-state index contributed by atoms with van der Waals surface area (Å²) in [4.78, 5) is 0. The molecule has 0 spiro atoms. The number of hydrogen-bond acceptors (Lipinski definition) is 2. The van der Waals surface area contributed by atoms with Gasteiger partial charge < -0.3 is 10.2 Å². The van der Waals surface area contributed by atoms with E-state index in [0.29, 0.717) is 21.4 Å². The highest BCUT2D eigenvalue weighted by atomic mass is 35.5. The van der Waals surface area contributed by atoms with Crippen molar-refractivity contribution in [2.45, 2.75) is 13.0 Å². The third-order valence-electron chi connectivity index (χ3n) is 3.31. The fourth-order valence-electron chi connectivity index (χ4n) is 2.29. The number of aryl methyl sites for hydroxylation is 1. The third-order valence-corrected chi connectivity index (χ3v) is 3.97. The first kappa shape index (κ1) is 13.5. The van der Waals surface area contributed by atoms with Gasteiger partial charge in [-0.25, -0.2) is 0 Å². The highest BCUT2D eigenvalue weighted by Crippen LogP contribution is 2.34. The standard InChI is InChI=1S/C16H13Cl2NO/c1-9-5-6-13-10(7-9)8-14(20-13)16(19)15-11(17)3-2-4-12(15)18/h2-8,16H,19H2,1H3. The molecule has 1 heterocycles. The maximum atomic E-state index is 6.26. The predicted octanol–water partition coefficient (Wildman–Crippen LogP) is 5.10. The van der Waals surface area contributed by atoms with E-state index in [2.05, 4.69) is 6.07 Å². The van der Waals surface area contributed by atoms with E-state index in [0.717, 1.165) is 11.0 Å². The molecule has 0 saturated heterocycles. The number of nitrogens with two attached hydrogens (primary N) is 1. The van der Waals surface area contributed by atoms with Crippen molar-refractivity contribution in [1.82, 2.24) is 0 Å². The lowest BCUT2D eigenvalue weighted by atomic mass is 10.0. The second kappa shape index (κ2) is 5.13. The van der Waals surface area contributed by atoms with Gasteiger partial charge in [0.1, 0.15) is 11.3 Å². The Morgan fingerprint density at radius 3 is 2.45 bits per heavy atom. The quantitative estimate of drug-likeness (QED) is 0.715. The van der Waals surface area contributed by atoms with Crippen LogP contribution in [0.4, 0.5) is 0 Å². The average Bonchev–Trinajstić information content (AvgIpc) is 2.81. The Kier molecular flexibility index (Phi) is 3.47. The molecule has 20 heavy (non-hydrogen) atoms. The number of halogens is 2. The van der Waals surface area contributed by atoms with Crippen LogP contribution in [-0.2, 0) is 0 Å². The second-order valence-corrected chi connectivity index (χ2v) is 5.62. The van der Waals surface area contributed by atoms with E-state index in [1.807, 2.05) is 25.1 Å². The van der Waals surface area contributed by atoms with Gasteiger partial charge in [0.2, 0.25) is 0 Å². The Bertz CT molecular complexity index is 759. The number of fused-ring (bicyclic) bond motifs is 1. The van der Waals surface area contributed by atoms with E-state index in [-0.39, 0.29) is 0 Å². The zero-order chi connectivity index (χ0) is 14.3. The molecular formula is C16H13Cl2NO. The Hall–Kier alpha value is -1.48. The van der Waals surface area contributed by atoms with Crippen LogP contribution in [0.15, 0.2) is 46.9 Å². The third kappa shape index (κ3) is 2.31. The Morgan fingerprint density at radius 1 is 1.05 bits per heavy atom. The van der Waals surface area contributed by atoms with Gasteiger partial charge in [0.25, 0.3) is 0 Å². The Labute approximate surface area is 127 Å². The number of benzene rings is 2. The fourth-order valence-corrected chi connectivity index (χ4v) is 2.92. The highest BCUT2D eigenvalue weighted by Gasteiger charge is 2.19. The molecule has 0 aliphatic heterocycles. The summed E-state index contributed by atoms with van der Waals surface area (Å²) in [5, 5.41) is 2.11. The molecule has 3 rings (SSSR count). The fraction of sp³-hybridized carbons (Fsp3) is 0.125. The number of furan rings is 1. The van der Waals surface area contributed by atoms with Crippen molar-refractivity contribution in [3.8, 4) is 0 Å². The minimum Gasteiger partial charge on any atom is -0.459 e. The molecule has 102 valence electrons. The van der Waals surface area contributed by atoms with Crippen molar-refractivity contribution in [2.75, 3.05) is 0 Å². The maximum absolute atomic E-state index is 6.26. The molecule has 0 aliphatic rings. The minimum atomic E-state index is -0.482. The van der Waals surface area contributed by atoms with E-state index in [1.54, 1.807) is 18.2 Å². The highest BCUT2D eigenvalue weighted by molar-refractivity contribution is 6.36. The Morgan fingerprint density at radius 2 is 1.75 bits per heavy atom. The molecule has 0 amide bonds. The van der Waals surface area contributed by atoms with Gasteiger partial charge in [-0.15, -0.1) is 0 Å². The summed E-state index contributed by atoms with van der Waals surface area (Å²) in [5.74, 6) is 0.653. The molecule has 1 unspecified atom stereocenters. The van der Waals surface area contributed by atoms with Crippen molar-refractivity contribution in [2.24, 2.45) is 5.73 Å². The van der Waals surface area contributed by atoms with Crippen LogP contribution in [-0.4, -0.2) is 0 Å². The molecule has 0 fully saturated rings. The van der Waals surface area contributed by atoms with Gasteiger partial charge >= 0.3 is 0 Å². The first-order chi connectivity index (χ1) is 9.56. The topological polar surface area (TPSA) is 39.2 Å². The van der Waals surface area contributed by atoms with E-state index in [4.69, 9.17) is 33.4 Å². The molecule has 0 bridgehead atoms. The monoisotopic (exact) mass is 305 g/mol. The number of rotatable bonds is 2. The molecule has 2 aromatic carbocycles. The predicted molar refractivity (Wildman–Crippen MR) is 83.4 cm³/mol. The molecular weight excluding hydrogens is 293 g/mol. The normalized spacial score (nSPS) is 12.8. The lowest BCUT2D eigenvalue weighted by molar-refractivity contribution is 0.525. The van der Waals surface area contributed by atoms with Crippen LogP contribution in [0.25, 0.3) is 11.0 Å². The zero-order valence-electron chi connectivity index (χ0n) is 10.9. The van der Waals surface area contributed by atoms with Gasteiger partial charge in [0, 0.05) is 21.0 Å². The summed E-state index contributed by atoms with van der Waals surface area (Å²) in [6.07, 6.45) is 0. The summed E-state index contributed by atoms with van der Waals surface area (Å²) in [7, 11) is 0. The van der Waals surface area contributed by atoms with E-state index in [9.17, 15) is 0 Å². The molecule has 2 N–H and O–H groups in total. The lowest BCUT2D eigenvalue weighted by Gasteiger charge is -2.12. The van der Waals surface area contributed by atoms with Crippen molar-refractivity contribution < 1.29 is 4.42 Å². The largest absolute Gasteiger partial charge is 0.459 e. The second-order valence-electron chi connectivity index (χ2n) is 4.80. The summed E-state index contributed by atoms with van der Waals surface area (Å²) >= 11 is 12.4. The summed E-state index contributed by atoms with van der Waals surface area (Å²) < 4.78 is 5.81. The molecule has 1 aromatic heterocycles. The minimum absolute atomic E-state index is 0.482. The van der Waals surface area contributed by atoms with Gasteiger partial charge in [-0.3, -0.25) is 0 Å². The molecule has 3 aromatic rings. The first-order valence-electron chi connectivity index (χ1n) is 6.26. The first-order valence-corrected chi connectivity index (χ1v) is 7.01. The SMILES string of the molecule is Cc1ccc2oc(C(N)c3c(Cl)cccc3Cl)cc2c1. The van der Waals surface area contributed by atoms with Crippen LogP contribution in [0.3, 0.4) is 0 Å². The summed E-state index contributed by atoms with van der Waals surface area (Å²) in [6.45, 7) is 2.04. The van der Waals surface area contributed by atoms with Gasteiger partial charge in [0.05, 0.1) is 6.04 Å². The molecule has 0 aliphatic carbocycles. The average molecular weight is 306 g/mol. The van der Waals surface area contributed by atoms with Crippen LogP contribution in [0.2, 0.25) is 10.0 Å². The molecule has 4 heteroatoms. The van der Waals surface area contributed by atoms with Crippen molar-refractivity contribution >= 4 is 34.2 Å².